The van der Waals surface area contributed by atoms with Crippen LogP contribution in [0, 0.1) is 0 Å². The number of carbonyl (C=O) groups is 1. The fourth-order valence-corrected chi connectivity index (χ4v) is 4.67. The summed E-state index contributed by atoms with van der Waals surface area (Å²) in [6.07, 6.45) is -4.72. The highest BCUT2D eigenvalue weighted by Gasteiger charge is 2.65. The quantitative estimate of drug-likeness (QED) is 0.498. The summed E-state index contributed by atoms with van der Waals surface area (Å²) in [5.41, 5.74) is -4.26. The zero-order chi connectivity index (χ0) is 24.9. The molecule has 5 nitrogen and oxygen atoms in total. The van der Waals surface area contributed by atoms with Gasteiger partial charge in [-0.3, -0.25) is 4.79 Å². The van der Waals surface area contributed by atoms with Crippen LogP contribution in [-0.2, 0) is 20.8 Å². The number of anilines is 1. The van der Waals surface area contributed by atoms with Crippen LogP contribution in [0.4, 0.5) is 38.3 Å². The van der Waals surface area contributed by atoms with E-state index in [2.05, 4.69) is 0 Å². The molecule has 0 saturated carbocycles. The Morgan fingerprint density at radius 1 is 0.938 bits per heavy atom. The van der Waals surface area contributed by atoms with Crippen LogP contribution in [-0.4, -0.2) is 30.8 Å². The van der Waals surface area contributed by atoms with E-state index >= 15 is 0 Å². The van der Waals surface area contributed by atoms with Gasteiger partial charge in [-0.15, -0.1) is 0 Å². The third kappa shape index (κ3) is 6.32. The molecule has 0 saturated heterocycles. The van der Waals surface area contributed by atoms with Crippen LogP contribution in [0.3, 0.4) is 0 Å². The molecule has 1 amide bonds. The molecule has 1 unspecified atom stereocenters. The molecular formula is C17H15F8NO4S2. The summed E-state index contributed by atoms with van der Waals surface area (Å²) in [6.45, 7) is 0.743. The predicted octanol–water partition coefficient (Wildman–Crippen LogP) is 5.53. The number of hydrogen-bond donors (Lipinski definition) is 2. The molecule has 0 heterocycles. The minimum Gasteiger partial charge on any atom is -0.379 e. The first-order valence-corrected chi connectivity index (χ1v) is 11.9. The van der Waals surface area contributed by atoms with E-state index in [-0.39, 0.29) is 12.1 Å². The number of amides is 1. The third-order valence-electron chi connectivity index (χ3n) is 4.06. The molecule has 32 heavy (non-hydrogen) atoms. The standard InChI is InChI=1S/C17H15F8NO4S2/c1-16(28,10-31(29,30)13-6-2-11(3-7-13)17(18,19)20)15(27)26-12-4-8-14(9-5-12)32(21,22,23,24)25/h2-9,28H,10H2,1H3,(H,26,27). The lowest BCUT2D eigenvalue weighted by atomic mass is 10.1. The maximum absolute atomic E-state index is 12.7. The van der Waals surface area contributed by atoms with Gasteiger partial charge in [-0.25, -0.2) is 8.42 Å². The number of aliphatic hydroxyl groups is 1. The smallest absolute Gasteiger partial charge is 0.379 e. The van der Waals surface area contributed by atoms with Gasteiger partial charge in [-0.2, -0.15) is 13.2 Å². The van der Waals surface area contributed by atoms with Crippen molar-refractivity contribution in [3.05, 3.63) is 54.1 Å². The molecule has 0 aliphatic rings. The average Bonchev–Trinajstić information content (AvgIpc) is 2.58. The summed E-state index contributed by atoms with van der Waals surface area (Å²) in [4.78, 5) is 9.35. The summed E-state index contributed by atoms with van der Waals surface area (Å²) in [7, 11) is -14.4. The molecule has 1 atom stereocenters. The topological polar surface area (TPSA) is 83.5 Å². The van der Waals surface area contributed by atoms with E-state index in [1.165, 1.54) is 0 Å². The molecule has 0 spiro atoms. The SMILES string of the molecule is CC(O)(CS(=O)(=O)c1ccc(C(F)(F)F)cc1)C(=O)Nc1ccc(S(F)(F)(F)(F)F)cc1. The maximum atomic E-state index is 12.7. The summed E-state index contributed by atoms with van der Waals surface area (Å²) < 4.78 is 126. The van der Waals surface area contributed by atoms with Crippen molar-refractivity contribution in [2.75, 3.05) is 11.1 Å². The predicted molar refractivity (Wildman–Crippen MR) is 101 cm³/mol. The number of carbonyl (C=O) groups excluding carboxylic acids is 1. The molecule has 0 aliphatic heterocycles. The Morgan fingerprint density at radius 3 is 1.81 bits per heavy atom. The summed E-state index contributed by atoms with van der Waals surface area (Å²) >= 11 is 0. The zero-order valence-electron chi connectivity index (χ0n) is 15.8. The van der Waals surface area contributed by atoms with Gasteiger partial charge in [-0.1, -0.05) is 19.4 Å². The highest BCUT2D eigenvalue weighted by Crippen LogP contribution is 3.02. The van der Waals surface area contributed by atoms with Crippen molar-refractivity contribution in [3.8, 4) is 0 Å². The minimum atomic E-state index is -9.94. The molecule has 15 heteroatoms. The second-order valence-corrected chi connectivity index (χ2v) is 11.4. The Labute approximate surface area is 176 Å². The van der Waals surface area contributed by atoms with Gasteiger partial charge in [0.2, 0.25) is 0 Å². The van der Waals surface area contributed by atoms with Crippen molar-refractivity contribution in [1.29, 1.82) is 0 Å². The Bertz CT molecular complexity index is 1130. The molecule has 0 radical (unpaired) electrons. The van der Waals surface area contributed by atoms with Gasteiger partial charge in [0.1, 0.15) is 4.90 Å². The van der Waals surface area contributed by atoms with E-state index in [9.17, 15) is 50.9 Å². The largest absolute Gasteiger partial charge is 0.416 e. The molecule has 2 aromatic carbocycles. The lowest BCUT2D eigenvalue weighted by molar-refractivity contribution is -0.137. The lowest BCUT2D eigenvalue weighted by Crippen LogP contribution is -2.45. The van der Waals surface area contributed by atoms with Crippen molar-refractivity contribution in [2.24, 2.45) is 0 Å². The monoisotopic (exact) mass is 513 g/mol. The Morgan fingerprint density at radius 2 is 1.41 bits per heavy atom. The number of sulfone groups is 1. The highest BCUT2D eigenvalue weighted by atomic mass is 32.5. The van der Waals surface area contributed by atoms with Crippen molar-refractivity contribution in [2.45, 2.75) is 28.5 Å². The number of rotatable bonds is 6. The second-order valence-electron chi connectivity index (χ2n) is 7.00. The molecule has 0 fully saturated rings. The van der Waals surface area contributed by atoms with Gasteiger partial charge in [-0.05, 0) is 55.5 Å². The zero-order valence-corrected chi connectivity index (χ0v) is 17.5. The number of halogens is 8. The van der Waals surface area contributed by atoms with E-state index in [4.69, 9.17) is 0 Å². The number of benzene rings is 2. The normalized spacial score (nSPS) is 17.1. The molecule has 2 N–H and O–H groups in total. The van der Waals surface area contributed by atoms with Crippen LogP contribution < -0.4 is 5.32 Å². The molecule has 180 valence electrons. The summed E-state index contributed by atoms with van der Waals surface area (Å²) in [5, 5.41) is 12.1. The fraction of sp³-hybridized carbons (Fsp3) is 0.235. The first-order chi connectivity index (χ1) is 14.0. The number of alkyl halides is 3. The van der Waals surface area contributed by atoms with Crippen LogP contribution in [0.25, 0.3) is 0 Å². The van der Waals surface area contributed by atoms with E-state index in [1.807, 2.05) is 5.32 Å². The van der Waals surface area contributed by atoms with E-state index in [0.29, 0.717) is 36.4 Å². The highest BCUT2D eigenvalue weighted by molar-refractivity contribution is 8.45. The van der Waals surface area contributed by atoms with Crippen LogP contribution >= 0.6 is 10.2 Å². The van der Waals surface area contributed by atoms with E-state index < -0.39 is 64.5 Å². The van der Waals surface area contributed by atoms with Crippen molar-refractivity contribution >= 4 is 31.7 Å². The summed E-state index contributed by atoms with van der Waals surface area (Å²) in [5.74, 6) is -2.70. The second kappa shape index (κ2) is 7.05. The third-order valence-corrected chi connectivity index (χ3v) is 7.15. The Balaban J connectivity index is 2.18. The molecular weight excluding hydrogens is 498 g/mol. The first-order valence-electron chi connectivity index (χ1n) is 8.29. The van der Waals surface area contributed by atoms with Gasteiger partial charge in [0, 0.05) is 5.69 Å². The van der Waals surface area contributed by atoms with Crippen LogP contribution in [0.1, 0.15) is 12.5 Å². The Hall–Kier alpha value is -2.39. The maximum Gasteiger partial charge on any atom is 0.416 e. The fourth-order valence-electron chi connectivity index (χ4n) is 2.43. The van der Waals surface area contributed by atoms with Gasteiger partial charge >= 0.3 is 16.4 Å². The molecule has 2 aromatic rings. The van der Waals surface area contributed by atoms with Gasteiger partial charge in [0.25, 0.3) is 5.91 Å². The van der Waals surface area contributed by atoms with Crippen LogP contribution in [0.5, 0.6) is 0 Å². The Kier molecular flexibility index (Phi) is 5.70. The van der Waals surface area contributed by atoms with Crippen molar-refractivity contribution in [1.82, 2.24) is 0 Å². The number of hydrogen-bond acceptors (Lipinski definition) is 4. The summed E-state index contributed by atoms with van der Waals surface area (Å²) in [6, 6.07) is 3.20. The van der Waals surface area contributed by atoms with Crippen molar-refractivity contribution < 1.29 is 50.9 Å². The number of nitrogens with one attached hydrogen (secondary N) is 1. The van der Waals surface area contributed by atoms with Crippen LogP contribution in [0.15, 0.2) is 58.3 Å². The van der Waals surface area contributed by atoms with E-state index in [1.54, 1.807) is 0 Å². The van der Waals surface area contributed by atoms with Crippen LogP contribution in [0.2, 0.25) is 0 Å². The van der Waals surface area contributed by atoms with E-state index in [0.717, 1.165) is 6.92 Å². The van der Waals surface area contributed by atoms with Gasteiger partial charge in [0.15, 0.2) is 15.4 Å². The van der Waals surface area contributed by atoms with Gasteiger partial charge in [0.05, 0.1) is 16.2 Å². The molecule has 0 aromatic heterocycles. The van der Waals surface area contributed by atoms with Crippen molar-refractivity contribution in [3.63, 3.8) is 0 Å². The molecule has 2 rings (SSSR count). The molecule has 0 bridgehead atoms. The lowest BCUT2D eigenvalue weighted by Gasteiger charge is -2.40. The molecule has 0 aliphatic carbocycles. The first kappa shape index (κ1) is 25.9. The minimum absolute atomic E-state index is 0.00479. The average molecular weight is 513 g/mol. The van der Waals surface area contributed by atoms with Gasteiger partial charge < -0.3 is 10.4 Å².